The Labute approximate surface area is 168 Å². The van der Waals surface area contributed by atoms with Crippen molar-refractivity contribution in [2.75, 3.05) is 7.11 Å². The zero-order valence-electron chi connectivity index (χ0n) is 16.3. The molecule has 0 atom stereocenters. The summed E-state index contributed by atoms with van der Waals surface area (Å²) in [6.45, 7) is 3.26. The van der Waals surface area contributed by atoms with E-state index in [1.165, 1.54) is 6.92 Å². The van der Waals surface area contributed by atoms with Gasteiger partial charge < -0.3 is 9.47 Å². The molecule has 0 bridgehead atoms. The number of para-hydroxylation sites is 2. The predicted molar refractivity (Wildman–Crippen MR) is 107 cm³/mol. The van der Waals surface area contributed by atoms with Crippen molar-refractivity contribution in [3.8, 4) is 23.0 Å². The molecule has 3 rings (SSSR count). The van der Waals surface area contributed by atoms with Crippen LogP contribution in [0, 0.1) is 6.92 Å². The number of rotatable bonds is 7. The summed E-state index contributed by atoms with van der Waals surface area (Å²) in [6, 6.07) is 18.4. The number of hydrogen-bond donors (Lipinski definition) is 0. The first-order valence-corrected chi connectivity index (χ1v) is 8.89. The monoisotopic (exact) mass is 392 g/mol. The molecule has 0 amide bonds. The van der Waals surface area contributed by atoms with Gasteiger partial charge in [0.1, 0.15) is 5.75 Å². The fraction of sp³-hybridized carbons (Fsp3) is 0.130. The van der Waals surface area contributed by atoms with Gasteiger partial charge in [-0.15, -0.1) is 0 Å². The maximum atomic E-state index is 12.3. The van der Waals surface area contributed by atoms with Gasteiger partial charge in [-0.2, -0.15) is 0 Å². The molecule has 6 heteroatoms. The van der Waals surface area contributed by atoms with Crippen LogP contribution in [0.15, 0.2) is 66.7 Å². The second-order valence-corrected chi connectivity index (χ2v) is 6.27. The average Bonchev–Trinajstić information content (AvgIpc) is 2.74. The number of ketones is 1. The summed E-state index contributed by atoms with van der Waals surface area (Å²) >= 11 is 0. The lowest BCUT2D eigenvalue weighted by molar-refractivity contribution is -0.102. The van der Waals surface area contributed by atoms with E-state index in [1.54, 1.807) is 74.7 Å². The van der Waals surface area contributed by atoms with Crippen molar-refractivity contribution in [1.82, 2.24) is 0 Å². The van der Waals surface area contributed by atoms with Crippen LogP contribution in [0.1, 0.15) is 33.2 Å². The van der Waals surface area contributed by atoms with E-state index in [1.807, 2.05) is 6.07 Å². The van der Waals surface area contributed by atoms with Gasteiger partial charge in [-0.3, -0.25) is 14.6 Å². The molecule has 0 fully saturated rings. The molecule has 3 aromatic rings. The van der Waals surface area contributed by atoms with Gasteiger partial charge in [0.15, 0.2) is 17.3 Å². The summed E-state index contributed by atoms with van der Waals surface area (Å²) < 4.78 is 10.6. The van der Waals surface area contributed by atoms with E-state index in [0.29, 0.717) is 39.7 Å². The van der Waals surface area contributed by atoms with E-state index < -0.39 is 5.97 Å². The fourth-order valence-corrected chi connectivity index (χ4v) is 2.57. The summed E-state index contributed by atoms with van der Waals surface area (Å²) in [4.78, 5) is 34.3. The Morgan fingerprint density at radius 2 is 1.41 bits per heavy atom. The number of carbonyl (C=O) groups excluding carboxylic acids is 2. The first-order chi connectivity index (χ1) is 14.0. The highest BCUT2D eigenvalue weighted by Crippen LogP contribution is 2.28. The highest BCUT2D eigenvalue weighted by molar-refractivity contribution is 5.96. The molecule has 0 aliphatic carbocycles. The minimum atomic E-state index is -0.512. The van der Waals surface area contributed by atoms with Crippen LogP contribution < -0.4 is 19.2 Å². The third-order valence-electron chi connectivity index (χ3n) is 4.17. The Balaban J connectivity index is 1.66. The quantitative estimate of drug-likeness (QED) is 0.189. The molecule has 6 nitrogen and oxygen atoms in total. The van der Waals surface area contributed by atoms with Crippen LogP contribution in [0.5, 0.6) is 23.0 Å². The van der Waals surface area contributed by atoms with Gasteiger partial charge in [-0.25, -0.2) is 4.79 Å². The lowest BCUT2D eigenvalue weighted by Gasteiger charge is -2.11. The van der Waals surface area contributed by atoms with Crippen molar-refractivity contribution in [2.45, 2.75) is 13.8 Å². The number of carbonyl (C=O) groups is 2. The van der Waals surface area contributed by atoms with Gasteiger partial charge >= 0.3 is 5.97 Å². The Bertz CT molecular complexity index is 1020. The van der Waals surface area contributed by atoms with Crippen LogP contribution in [-0.4, -0.2) is 18.9 Å². The van der Waals surface area contributed by atoms with Crippen LogP contribution in [-0.2, 0) is 0 Å². The maximum Gasteiger partial charge on any atom is 0.343 e. The maximum absolute atomic E-state index is 12.3. The van der Waals surface area contributed by atoms with E-state index in [4.69, 9.17) is 19.2 Å². The number of Topliss-reactive ketones (excluding diaryl/α,β-unsaturated/α-hetero) is 1. The van der Waals surface area contributed by atoms with Gasteiger partial charge in [0.2, 0.25) is 5.75 Å². The molecule has 0 heterocycles. The minimum Gasteiger partial charge on any atom is -0.493 e. The van der Waals surface area contributed by atoms with Crippen LogP contribution >= 0.6 is 0 Å². The molecule has 29 heavy (non-hydrogen) atoms. The van der Waals surface area contributed by atoms with Gasteiger partial charge in [0, 0.05) is 5.56 Å². The van der Waals surface area contributed by atoms with Crippen molar-refractivity contribution >= 4 is 11.8 Å². The molecule has 3 aromatic carbocycles. The zero-order chi connectivity index (χ0) is 20.8. The first kappa shape index (κ1) is 19.9. The summed E-state index contributed by atoms with van der Waals surface area (Å²) in [5.41, 5.74) is 1.59. The molecule has 0 aliphatic rings. The lowest BCUT2D eigenvalue weighted by Crippen LogP contribution is -2.10. The van der Waals surface area contributed by atoms with E-state index in [0.717, 1.165) is 0 Å². The SMILES string of the molecule is COc1ccccc1OOc1ccc(OC(=O)c2ccc(C(C)=O)cc2)c(C)c1. The standard InChI is InChI=1S/C23H20O6/c1-15-14-19(28-29-22-7-5-4-6-21(22)26-3)12-13-20(15)27-23(25)18-10-8-17(9-11-18)16(2)24/h4-14H,1-3H3. The van der Waals surface area contributed by atoms with E-state index >= 15 is 0 Å². The highest BCUT2D eigenvalue weighted by Gasteiger charge is 2.12. The molecule has 0 spiro atoms. The molecule has 0 saturated carbocycles. The molecule has 0 aliphatic heterocycles. The number of benzene rings is 3. The summed E-state index contributed by atoms with van der Waals surface area (Å²) in [7, 11) is 1.54. The van der Waals surface area contributed by atoms with Crippen molar-refractivity contribution < 1.29 is 28.8 Å². The second-order valence-electron chi connectivity index (χ2n) is 6.27. The van der Waals surface area contributed by atoms with Crippen molar-refractivity contribution in [3.63, 3.8) is 0 Å². The van der Waals surface area contributed by atoms with Crippen LogP contribution in [0.4, 0.5) is 0 Å². The van der Waals surface area contributed by atoms with E-state index in [-0.39, 0.29) is 5.78 Å². The smallest absolute Gasteiger partial charge is 0.343 e. The van der Waals surface area contributed by atoms with Crippen LogP contribution in [0.25, 0.3) is 0 Å². The number of esters is 1. The largest absolute Gasteiger partial charge is 0.493 e. The normalized spacial score (nSPS) is 10.2. The van der Waals surface area contributed by atoms with E-state index in [9.17, 15) is 9.59 Å². The molecule has 148 valence electrons. The summed E-state index contributed by atoms with van der Waals surface area (Å²) in [5, 5.41) is 0. The number of hydrogen-bond acceptors (Lipinski definition) is 6. The van der Waals surface area contributed by atoms with E-state index in [2.05, 4.69) is 0 Å². The number of aryl methyl sites for hydroxylation is 1. The summed E-state index contributed by atoms with van der Waals surface area (Å²) in [6.07, 6.45) is 0. The highest BCUT2D eigenvalue weighted by atomic mass is 17.2. The van der Waals surface area contributed by atoms with Crippen LogP contribution in [0.3, 0.4) is 0 Å². The van der Waals surface area contributed by atoms with Gasteiger partial charge in [0.05, 0.1) is 12.7 Å². The Morgan fingerprint density at radius 1 is 0.759 bits per heavy atom. The second kappa shape index (κ2) is 8.93. The van der Waals surface area contributed by atoms with Crippen molar-refractivity contribution in [3.05, 3.63) is 83.4 Å². The van der Waals surface area contributed by atoms with Gasteiger partial charge in [-0.1, -0.05) is 24.3 Å². The minimum absolute atomic E-state index is 0.0632. The molecule has 0 aromatic heterocycles. The van der Waals surface area contributed by atoms with Gasteiger partial charge in [-0.05, 0) is 61.9 Å². The Kier molecular flexibility index (Phi) is 6.14. The van der Waals surface area contributed by atoms with Crippen molar-refractivity contribution in [2.24, 2.45) is 0 Å². The molecule has 0 radical (unpaired) electrons. The average molecular weight is 392 g/mol. The molecular formula is C23H20O6. The predicted octanol–water partition coefficient (Wildman–Crippen LogP) is 4.80. The van der Waals surface area contributed by atoms with Crippen molar-refractivity contribution in [1.29, 1.82) is 0 Å². The molecule has 0 N–H and O–H groups in total. The third kappa shape index (κ3) is 4.93. The topological polar surface area (TPSA) is 71.1 Å². The molecular weight excluding hydrogens is 372 g/mol. The number of ether oxygens (including phenoxy) is 2. The fourth-order valence-electron chi connectivity index (χ4n) is 2.57. The first-order valence-electron chi connectivity index (χ1n) is 8.89. The van der Waals surface area contributed by atoms with Crippen LogP contribution in [0.2, 0.25) is 0 Å². The molecule has 0 saturated heterocycles. The zero-order valence-corrected chi connectivity index (χ0v) is 16.3. The lowest BCUT2D eigenvalue weighted by atomic mass is 10.1. The Hall–Kier alpha value is -3.80. The number of methoxy groups -OCH3 is 1. The Morgan fingerprint density at radius 3 is 2.03 bits per heavy atom. The molecule has 0 unspecified atom stereocenters. The van der Waals surface area contributed by atoms with Gasteiger partial charge in [0.25, 0.3) is 0 Å². The third-order valence-corrected chi connectivity index (χ3v) is 4.17. The summed E-state index contributed by atoms with van der Waals surface area (Å²) in [5.74, 6) is 1.26.